The third kappa shape index (κ3) is 3.07. The summed E-state index contributed by atoms with van der Waals surface area (Å²) >= 11 is 0. The lowest BCUT2D eigenvalue weighted by molar-refractivity contribution is -0.137. The maximum absolute atomic E-state index is 11.8. The number of H-pyrrole nitrogens is 1. The van der Waals surface area contributed by atoms with E-state index in [0.29, 0.717) is 23.3 Å². The number of rotatable bonds is 3. The SMILES string of the molecule is CCOC(=O)C=Cc1ccc2nc(C)[nH]c(=O)c2c1. The van der Waals surface area contributed by atoms with E-state index >= 15 is 0 Å². The van der Waals surface area contributed by atoms with Crippen molar-refractivity contribution in [3.05, 3.63) is 46.0 Å². The summed E-state index contributed by atoms with van der Waals surface area (Å²) in [5, 5.41) is 0.497. The van der Waals surface area contributed by atoms with Crippen LogP contribution in [0.25, 0.3) is 17.0 Å². The minimum absolute atomic E-state index is 0.186. The van der Waals surface area contributed by atoms with E-state index in [2.05, 4.69) is 9.97 Å². The van der Waals surface area contributed by atoms with Crippen LogP contribution in [-0.4, -0.2) is 22.5 Å². The number of aryl methyl sites for hydroxylation is 1. The van der Waals surface area contributed by atoms with E-state index in [0.717, 1.165) is 5.56 Å². The predicted molar refractivity (Wildman–Crippen MR) is 72.8 cm³/mol. The standard InChI is InChI=1S/C14H14N2O3/c1-3-19-13(17)7-5-10-4-6-12-11(8-10)14(18)16-9(2)15-12/h4-8H,3H2,1-2H3,(H,15,16,18). The Hall–Kier alpha value is -2.43. The highest BCUT2D eigenvalue weighted by Crippen LogP contribution is 2.11. The summed E-state index contributed by atoms with van der Waals surface area (Å²) < 4.78 is 4.78. The van der Waals surface area contributed by atoms with Crippen molar-refractivity contribution in [2.75, 3.05) is 6.61 Å². The summed E-state index contributed by atoms with van der Waals surface area (Å²) in [7, 11) is 0. The molecule has 1 aromatic heterocycles. The number of ether oxygens (including phenoxy) is 1. The topological polar surface area (TPSA) is 72.0 Å². The fraction of sp³-hybridized carbons (Fsp3) is 0.214. The number of carbonyl (C=O) groups is 1. The van der Waals surface area contributed by atoms with Crippen LogP contribution in [0.4, 0.5) is 0 Å². The van der Waals surface area contributed by atoms with Crippen LogP contribution in [0.5, 0.6) is 0 Å². The monoisotopic (exact) mass is 258 g/mol. The minimum Gasteiger partial charge on any atom is -0.463 e. The highest BCUT2D eigenvalue weighted by Gasteiger charge is 2.02. The van der Waals surface area contributed by atoms with Gasteiger partial charge in [-0.05, 0) is 37.6 Å². The van der Waals surface area contributed by atoms with Crippen molar-refractivity contribution in [2.45, 2.75) is 13.8 Å². The highest BCUT2D eigenvalue weighted by molar-refractivity contribution is 5.88. The Balaban J connectivity index is 2.37. The van der Waals surface area contributed by atoms with Gasteiger partial charge in [0.25, 0.3) is 5.56 Å². The van der Waals surface area contributed by atoms with Gasteiger partial charge in [0.2, 0.25) is 0 Å². The molecular formula is C14H14N2O3. The van der Waals surface area contributed by atoms with Gasteiger partial charge in [-0.15, -0.1) is 0 Å². The number of aromatic nitrogens is 2. The number of benzene rings is 1. The molecule has 5 heteroatoms. The number of fused-ring (bicyclic) bond motifs is 1. The third-order valence-corrected chi connectivity index (χ3v) is 2.55. The van der Waals surface area contributed by atoms with Crippen molar-refractivity contribution in [3.8, 4) is 0 Å². The Bertz CT molecular complexity index is 701. The molecule has 0 radical (unpaired) electrons. The number of nitrogens with one attached hydrogen (secondary N) is 1. The van der Waals surface area contributed by atoms with Crippen LogP contribution >= 0.6 is 0 Å². The van der Waals surface area contributed by atoms with Gasteiger partial charge in [-0.25, -0.2) is 9.78 Å². The van der Waals surface area contributed by atoms with Crippen LogP contribution in [0, 0.1) is 6.92 Å². The average Bonchev–Trinajstić information content (AvgIpc) is 2.37. The number of esters is 1. The van der Waals surface area contributed by atoms with E-state index in [-0.39, 0.29) is 5.56 Å². The Morgan fingerprint density at radius 1 is 1.47 bits per heavy atom. The van der Waals surface area contributed by atoms with E-state index in [4.69, 9.17) is 4.74 Å². The van der Waals surface area contributed by atoms with E-state index in [1.165, 1.54) is 6.08 Å². The molecule has 0 spiro atoms. The molecule has 0 aliphatic carbocycles. The Morgan fingerprint density at radius 3 is 3.00 bits per heavy atom. The van der Waals surface area contributed by atoms with Gasteiger partial charge in [-0.2, -0.15) is 0 Å². The summed E-state index contributed by atoms with van der Waals surface area (Å²) in [5.41, 5.74) is 1.19. The van der Waals surface area contributed by atoms with Crippen molar-refractivity contribution in [1.82, 2.24) is 9.97 Å². The Labute approximate surface area is 109 Å². The van der Waals surface area contributed by atoms with Crippen LogP contribution in [0.2, 0.25) is 0 Å². The number of aromatic amines is 1. The number of hydrogen-bond acceptors (Lipinski definition) is 4. The van der Waals surface area contributed by atoms with Crippen molar-refractivity contribution in [1.29, 1.82) is 0 Å². The lowest BCUT2D eigenvalue weighted by atomic mass is 10.1. The zero-order valence-electron chi connectivity index (χ0n) is 10.8. The van der Waals surface area contributed by atoms with Crippen LogP contribution in [0.3, 0.4) is 0 Å². The molecule has 0 atom stereocenters. The number of nitrogens with zero attached hydrogens (tertiary/aromatic N) is 1. The van der Waals surface area contributed by atoms with E-state index in [1.807, 2.05) is 0 Å². The summed E-state index contributed by atoms with van der Waals surface area (Å²) in [6.07, 6.45) is 2.94. The minimum atomic E-state index is -0.404. The molecule has 0 fully saturated rings. The molecule has 1 heterocycles. The quantitative estimate of drug-likeness (QED) is 0.673. The predicted octanol–water partition coefficient (Wildman–Crippen LogP) is 1.81. The van der Waals surface area contributed by atoms with Crippen LogP contribution in [-0.2, 0) is 9.53 Å². The highest BCUT2D eigenvalue weighted by atomic mass is 16.5. The van der Waals surface area contributed by atoms with Crippen molar-refractivity contribution in [2.24, 2.45) is 0 Å². The summed E-state index contributed by atoms with van der Waals surface area (Å²) in [4.78, 5) is 29.9. The van der Waals surface area contributed by atoms with Gasteiger partial charge >= 0.3 is 5.97 Å². The van der Waals surface area contributed by atoms with Gasteiger partial charge in [-0.1, -0.05) is 6.07 Å². The normalized spacial score (nSPS) is 11.1. The first-order valence-electron chi connectivity index (χ1n) is 5.95. The second-order valence-corrected chi connectivity index (χ2v) is 4.01. The van der Waals surface area contributed by atoms with Gasteiger partial charge < -0.3 is 9.72 Å². The van der Waals surface area contributed by atoms with E-state index in [9.17, 15) is 9.59 Å². The first-order valence-corrected chi connectivity index (χ1v) is 5.95. The fourth-order valence-electron chi connectivity index (χ4n) is 1.73. The number of hydrogen-bond donors (Lipinski definition) is 1. The van der Waals surface area contributed by atoms with E-state index in [1.54, 1.807) is 38.1 Å². The van der Waals surface area contributed by atoms with Gasteiger partial charge in [0, 0.05) is 6.08 Å². The largest absolute Gasteiger partial charge is 0.463 e. The zero-order valence-corrected chi connectivity index (χ0v) is 10.8. The molecule has 0 aliphatic heterocycles. The molecule has 1 aromatic carbocycles. The van der Waals surface area contributed by atoms with Crippen molar-refractivity contribution < 1.29 is 9.53 Å². The molecule has 19 heavy (non-hydrogen) atoms. The van der Waals surface area contributed by atoms with Crippen LogP contribution in [0.15, 0.2) is 29.1 Å². The summed E-state index contributed by atoms with van der Waals surface area (Å²) in [6, 6.07) is 5.24. The van der Waals surface area contributed by atoms with Crippen molar-refractivity contribution >= 4 is 22.9 Å². The Morgan fingerprint density at radius 2 is 2.26 bits per heavy atom. The molecule has 0 bridgehead atoms. The smallest absolute Gasteiger partial charge is 0.330 e. The molecule has 0 unspecified atom stereocenters. The molecule has 5 nitrogen and oxygen atoms in total. The van der Waals surface area contributed by atoms with E-state index < -0.39 is 5.97 Å². The van der Waals surface area contributed by atoms with Gasteiger partial charge in [0.1, 0.15) is 5.82 Å². The first kappa shape index (κ1) is 13.0. The summed E-state index contributed by atoms with van der Waals surface area (Å²) in [6.45, 7) is 3.81. The molecule has 0 saturated heterocycles. The first-order chi connectivity index (χ1) is 9.10. The summed E-state index contributed by atoms with van der Waals surface area (Å²) in [5.74, 6) is 0.172. The molecule has 2 aromatic rings. The lowest BCUT2D eigenvalue weighted by Gasteiger charge is -2.00. The zero-order chi connectivity index (χ0) is 13.8. The Kier molecular flexibility index (Phi) is 3.75. The maximum Gasteiger partial charge on any atom is 0.330 e. The molecule has 0 amide bonds. The second kappa shape index (κ2) is 5.48. The maximum atomic E-state index is 11.8. The lowest BCUT2D eigenvalue weighted by Crippen LogP contribution is -2.09. The molecule has 98 valence electrons. The third-order valence-electron chi connectivity index (χ3n) is 2.55. The average molecular weight is 258 g/mol. The van der Waals surface area contributed by atoms with Gasteiger partial charge in [0.05, 0.1) is 17.5 Å². The van der Waals surface area contributed by atoms with Crippen LogP contribution in [0.1, 0.15) is 18.3 Å². The second-order valence-electron chi connectivity index (χ2n) is 4.01. The van der Waals surface area contributed by atoms with Gasteiger partial charge in [0.15, 0.2) is 0 Å². The molecular weight excluding hydrogens is 244 g/mol. The molecule has 0 saturated carbocycles. The fourth-order valence-corrected chi connectivity index (χ4v) is 1.73. The molecule has 1 N–H and O–H groups in total. The van der Waals surface area contributed by atoms with Crippen LogP contribution < -0.4 is 5.56 Å². The number of carbonyl (C=O) groups excluding carboxylic acids is 1. The molecule has 2 rings (SSSR count). The molecule has 0 aliphatic rings. The van der Waals surface area contributed by atoms with Crippen molar-refractivity contribution in [3.63, 3.8) is 0 Å². The van der Waals surface area contributed by atoms with Gasteiger partial charge in [-0.3, -0.25) is 4.79 Å².